The summed E-state index contributed by atoms with van der Waals surface area (Å²) in [5.41, 5.74) is 1.26. The fourth-order valence-corrected chi connectivity index (χ4v) is 2.95. The molecule has 0 saturated carbocycles. The maximum atomic E-state index is 10.8. The fraction of sp³-hybridized carbons (Fsp3) is 0.667. The van der Waals surface area contributed by atoms with Crippen molar-refractivity contribution in [1.82, 2.24) is 0 Å². The number of carboxylic acids is 1. The molecule has 0 aliphatic heterocycles. The van der Waals surface area contributed by atoms with Gasteiger partial charge in [0.25, 0.3) is 0 Å². The van der Waals surface area contributed by atoms with Gasteiger partial charge in [-0.05, 0) is 43.5 Å². The van der Waals surface area contributed by atoms with Crippen molar-refractivity contribution in [3.05, 3.63) is 29.8 Å². The van der Waals surface area contributed by atoms with Gasteiger partial charge in [0.2, 0.25) is 0 Å². The molecule has 0 spiro atoms. The molecule has 4 nitrogen and oxygen atoms in total. The molecule has 4 heteroatoms. The molecular weight excluding hydrogens is 314 g/mol. The standard InChI is InChI=1S/C21H35NO3/c1-2-3-4-5-6-8-11-20(23)12-9-7-10-17-22-19-15-13-18(14-16-19)21(24)25/h13-16,20,22-23H,2-12,17H2,1H3,(H,24,25). The second kappa shape index (κ2) is 13.7. The van der Waals surface area contributed by atoms with E-state index in [0.29, 0.717) is 5.56 Å². The molecule has 25 heavy (non-hydrogen) atoms. The van der Waals surface area contributed by atoms with Gasteiger partial charge in [-0.25, -0.2) is 4.79 Å². The second-order valence-corrected chi connectivity index (χ2v) is 6.87. The number of anilines is 1. The van der Waals surface area contributed by atoms with E-state index in [0.717, 1.165) is 50.8 Å². The molecule has 1 unspecified atom stereocenters. The summed E-state index contributed by atoms with van der Waals surface area (Å²) in [5.74, 6) is -0.897. The Morgan fingerprint density at radius 1 is 0.920 bits per heavy atom. The molecule has 3 N–H and O–H groups in total. The Labute approximate surface area is 152 Å². The van der Waals surface area contributed by atoms with E-state index in [1.807, 2.05) is 0 Å². The van der Waals surface area contributed by atoms with E-state index < -0.39 is 5.97 Å². The number of unbranched alkanes of at least 4 members (excludes halogenated alkanes) is 7. The van der Waals surface area contributed by atoms with Crippen molar-refractivity contribution >= 4 is 11.7 Å². The lowest BCUT2D eigenvalue weighted by molar-refractivity contribution is 0.0697. The van der Waals surface area contributed by atoms with Crippen LogP contribution in [-0.2, 0) is 0 Å². The van der Waals surface area contributed by atoms with Crippen molar-refractivity contribution in [2.75, 3.05) is 11.9 Å². The third-order valence-electron chi connectivity index (χ3n) is 4.57. The predicted octanol–water partition coefficient (Wildman–Crippen LogP) is 5.47. The van der Waals surface area contributed by atoms with Crippen LogP contribution in [0.4, 0.5) is 5.69 Å². The molecule has 0 radical (unpaired) electrons. The Balaban J connectivity index is 1.96. The first-order valence-electron chi connectivity index (χ1n) is 9.88. The highest BCUT2D eigenvalue weighted by atomic mass is 16.4. The number of aromatic carboxylic acids is 1. The molecule has 0 aliphatic rings. The minimum atomic E-state index is -0.897. The van der Waals surface area contributed by atoms with Gasteiger partial charge in [0.05, 0.1) is 11.7 Å². The van der Waals surface area contributed by atoms with E-state index in [1.54, 1.807) is 24.3 Å². The molecule has 1 rings (SSSR count). The van der Waals surface area contributed by atoms with Crippen molar-refractivity contribution in [3.63, 3.8) is 0 Å². The minimum Gasteiger partial charge on any atom is -0.478 e. The van der Waals surface area contributed by atoms with E-state index in [4.69, 9.17) is 5.11 Å². The highest BCUT2D eigenvalue weighted by molar-refractivity contribution is 5.87. The molecule has 0 amide bonds. The summed E-state index contributed by atoms with van der Waals surface area (Å²) in [5, 5.41) is 22.2. The van der Waals surface area contributed by atoms with Crippen molar-refractivity contribution in [1.29, 1.82) is 0 Å². The maximum Gasteiger partial charge on any atom is 0.335 e. The third-order valence-corrected chi connectivity index (χ3v) is 4.57. The van der Waals surface area contributed by atoms with E-state index in [1.165, 1.54) is 32.1 Å². The van der Waals surface area contributed by atoms with Gasteiger partial charge in [-0.15, -0.1) is 0 Å². The summed E-state index contributed by atoms with van der Waals surface area (Å²) in [6.07, 6.45) is 12.6. The zero-order chi connectivity index (χ0) is 18.3. The minimum absolute atomic E-state index is 0.136. The molecule has 0 bridgehead atoms. The first-order chi connectivity index (χ1) is 12.1. The van der Waals surface area contributed by atoms with Gasteiger partial charge in [-0.1, -0.05) is 58.3 Å². The van der Waals surface area contributed by atoms with Gasteiger partial charge in [0.15, 0.2) is 0 Å². The number of hydrogen-bond acceptors (Lipinski definition) is 3. The Kier molecular flexibility index (Phi) is 11.8. The zero-order valence-electron chi connectivity index (χ0n) is 15.7. The molecule has 142 valence electrons. The summed E-state index contributed by atoms with van der Waals surface area (Å²) in [6, 6.07) is 6.83. The lowest BCUT2D eigenvalue weighted by atomic mass is 10.0. The number of nitrogens with one attached hydrogen (secondary N) is 1. The number of carboxylic acid groups (broad SMARTS) is 1. The van der Waals surface area contributed by atoms with Gasteiger partial charge in [0.1, 0.15) is 0 Å². The Morgan fingerprint density at radius 2 is 1.48 bits per heavy atom. The Hall–Kier alpha value is -1.55. The molecule has 1 atom stereocenters. The van der Waals surface area contributed by atoms with Crippen LogP contribution in [0.3, 0.4) is 0 Å². The fourth-order valence-electron chi connectivity index (χ4n) is 2.95. The van der Waals surface area contributed by atoms with E-state index in [2.05, 4.69) is 12.2 Å². The largest absolute Gasteiger partial charge is 0.478 e. The summed E-state index contributed by atoms with van der Waals surface area (Å²) < 4.78 is 0. The molecule has 0 aliphatic carbocycles. The average Bonchev–Trinajstić information content (AvgIpc) is 2.61. The molecular formula is C21H35NO3. The second-order valence-electron chi connectivity index (χ2n) is 6.87. The zero-order valence-corrected chi connectivity index (χ0v) is 15.7. The summed E-state index contributed by atoms with van der Waals surface area (Å²) in [6.45, 7) is 3.11. The van der Waals surface area contributed by atoms with Gasteiger partial charge in [0, 0.05) is 12.2 Å². The van der Waals surface area contributed by atoms with Gasteiger partial charge in [-0.2, -0.15) is 0 Å². The Bertz CT molecular complexity index is 459. The van der Waals surface area contributed by atoms with Crippen LogP contribution in [0.5, 0.6) is 0 Å². The highest BCUT2D eigenvalue weighted by Crippen LogP contribution is 2.13. The molecule has 1 aromatic carbocycles. The van der Waals surface area contributed by atoms with Crippen LogP contribution in [0.15, 0.2) is 24.3 Å². The molecule has 0 fully saturated rings. The van der Waals surface area contributed by atoms with Gasteiger partial charge < -0.3 is 15.5 Å². The van der Waals surface area contributed by atoms with Crippen LogP contribution in [0.2, 0.25) is 0 Å². The smallest absolute Gasteiger partial charge is 0.335 e. The van der Waals surface area contributed by atoms with Crippen molar-refractivity contribution in [2.45, 2.75) is 83.7 Å². The van der Waals surface area contributed by atoms with Crippen molar-refractivity contribution in [2.24, 2.45) is 0 Å². The molecule has 0 heterocycles. The van der Waals surface area contributed by atoms with E-state index in [9.17, 15) is 9.90 Å². The number of carbonyl (C=O) groups is 1. The summed E-state index contributed by atoms with van der Waals surface area (Å²) in [4.78, 5) is 10.8. The van der Waals surface area contributed by atoms with Gasteiger partial charge in [-0.3, -0.25) is 0 Å². The first-order valence-corrected chi connectivity index (χ1v) is 9.88. The normalized spacial score (nSPS) is 12.1. The maximum absolute atomic E-state index is 10.8. The van der Waals surface area contributed by atoms with Crippen LogP contribution < -0.4 is 5.32 Å². The highest BCUT2D eigenvalue weighted by Gasteiger charge is 2.04. The van der Waals surface area contributed by atoms with Crippen LogP contribution in [-0.4, -0.2) is 28.8 Å². The van der Waals surface area contributed by atoms with Crippen molar-refractivity contribution < 1.29 is 15.0 Å². The predicted molar refractivity (Wildman–Crippen MR) is 104 cm³/mol. The van der Waals surface area contributed by atoms with E-state index >= 15 is 0 Å². The van der Waals surface area contributed by atoms with Crippen LogP contribution in [0, 0.1) is 0 Å². The molecule has 0 saturated heterocycles. The lowest BCUT2D eigenvalue weighted by Crippen LogP contribution is -2.07. The van der Waals surface area contributed by atoms with E-state index in [-0.39, 0.29) is 6.10 Å². The molecule has 1 aromatic rings. The SMILES string of the molecule is CCCCCCCCC(O)CCCCCNc1ccc(C(=O)O)cc1. The molecule has 0 aromatic heterocycles. The number of rotatable bonds is 15. The summed E-state index contributed by atoms with van der Waals surface area (Å²) in [7, 11) is 0. The van der Waals surface area contributed by atoms with Crippen molar-refractivity contribution in [3.8, 4) is 0 Å². The number of hydrogen-bond donors (Lipinski definition) is 3. The lowest BCUT2D eigenvalue weighted by Gasteiger charge is -2.11. The monoisotopic (exact) mass is 349 g/mol. The summed E-state index contributed by atoms with van der Waals surface area (Å²) >= 11 is 0. The topological polar surface area (TPSA) is 69.6 Å². The third kappa shape index (κ3) is 10.8. The van der Waals surface area contributed by atoms with Gasteiger partial charge >= 0.3 is 5.97 Å². The van der Waals surface area contributed by atoms with Crippen LogP contribution in [0.1, 0.15) is 87.9 Å². The number of aliphatic hydroxyl groups excluding tert-OH is 1. The first kappa shape index (κ1) is 21.5. The number of aliphatic hydroxyl groups is 1. The average molecular weight is 350 g/mol. The quantitative estimate of drug-likeness (QED) is 0.367. The van der Waals surface area contributed by atoms with Crippen LogP contribution >= 0.6 is 0 Å². The number of benzene rings is 1. The Morgan fingerprint density at radius 3 is 2.08 bits per heavy atom. The van der Waals surface area contributed by atoms with Crippen LogP contribution in [0.25, 0.3) is 0 Å².